The fourth-order valence-corrected chi connectivity index (χ4v) is 8.07. The Balaban J connectivity index is 1.26. The van der Waals surface area contributed by atoms with Crippen LogP contribution in [0.4, 0.5) is 4.79 Å². The molecule has 3 saturated carbocycles. The van der Waals surface area contributed by atoms with Gasteiger partial charge in [-0.15, -0.1) is 0 Å². The van der Waals surface area contributed by atoms with Gasteiger partial charge in [-0.1, -0.05) is 62.4 Å². The fourth-order valence-electron chi connectivity index (χ4n) is 8.07. The molecule has 0 radical (unpaired) electrons. The number of alkyl carbamates (subject to hydrolysis) is 1. The third-order valence-electron chi connectivity index (χ3n) is 10.8. The minimum atomic E-state index is -1.14. The van der Waals surface area contributed by atoms with E-state index in [9.17, 15) is 33.6 Å². The maximum Gasteiger partial charge on any atom is 0.408 e. The zero-order chi connectivity index (χ0) is 38.4. The van der Waals surface area contributed by atoms with Crippen LogP contribution in [0.25, 0.3) is 0 Å². The second-order valence-electron chi connectivity index (χ2n) is 16.4. The molecule has 1 heterocycles. The Morgan fingerprint density at radius 2 is 1.55 bits per heavy atom. The molecule has 53 heavy (non-hydrogen) atoms. The molecule has 4 aliphatic rings. The molecule has 290 valence electrons. The average Bonchev–Trinajstić information content (AvgIpc) is 3.70. The molecule has 14 heteroatoms. The lowest BCUT2D eigenvalue weighted by Crippen LogP contribution is -2.61. The number of benzene rings is 1. The molecule has 1 aromatic rings. The molecule has 14 nitrogen and oxygen atoms in total. The zero-order valence-electron chi connectivity index (χ0n) is 31.7. The second-order valence-corrected chi connectivity index (χ2v) is 16.4. The van der Waals surface area contributed by atoms with Crippen LogP contribution in [0.15, 0.2) is 30.3 Å². The van der Waals surface area contributed by atoms with Crippen LogP contribution in [0.5, 0.6) is 0 Å². The minimum Gasteiger partial charge on any atom is -0.444 e. The maximum absolute atomic E-state index is 14.4. The van der Waals surface area contributed by atoms with Crippen molar-refractivity contribution in [2.45, 2.75) is 127 Å². The maximum atomic E-state index is 14.4. The average molecular weight is 737 g/mol. The number of nitrogens with one attached hydrogen (secondary N) is 4. The lowest BCUT2D eigenvalue weighted by molar-refractivity contribution is -0.147. The van der Waals surface area contributed by atoms with Crippen LogP contribution >= 0.6 is 0 Å². The highest BCUT2D eigenvalue weighted by molar-refractivity contribution is 6.38. The molecule has 3 aliphatic carbocycles. The molecule has 6 amide bonds. The summed E-state index contributed by atoms with van der Waals surface area (Å²) in [5.41, 5.74) is -0.193. The normalized spacial score (nSPS) is 22.9. The van der Waals surface area contributed by atoms with Gasteiger partial charge in [0.25, 0.3) is 5.91 Å². The standard InChI is InChI=1S/C39H56N6O8/c1-39(2,3)53-38(52)43-31(25-14-10-7-11-15-25)37(51)45-27-19-18-26(21-27)32(45)34(48)41-28(20-23-16-17-23)33(47)35(49)40-22-29(46)42-30(36(50)44(4)5)24-12-8-6-9-13-24/h6,8-9,12-13,23,25-28,30-32H,7,10-11,14-22H2,1-5H3,(H,40,49)(H,41,48)(H,42,46)(H,43,52)/t26?,27?,28?,30-,31-,32-/m0/s1. The van der Waals surface area contributed by atoms with Gasteiger partial charge in [0, 0.05) is 20.1 Å². The van der Waals surface area contributed by atoms with Crippen molar-refractivity contribution in [3.63, 3.8) is 0 Å². The van der Waals surface area contributed by atoms with E-state index in [0.717, 1.165) is 57.8 Å². The Hall–Kier alpha value is -4.49. The summed E-state index contributed by atoms with van der Waals surface area (Å²) in [6.07, 6.45) is 7.93. The number of carbonyl (C=O) groups is 7. The number of amides is 6. The summed E-state index contributed by atoms with van der Waals surface area (Å²) in [4.78, 5) is 97.0. The Morgan fingerprint density at radius 1 is 0.868 bits per heavy atom. The number of likely N-dealkylation sites (N-methyl/N-ethyl adjacent to an activating group) is 1. The van der Waals surface area contributed by atoms with E-state index in [1.54, 1.807) is 70.1 Å². The summed E-state index contributed by atoms with van der Waals surface area (Å²) in [7, 11) is 3.14. The lowest BCUT2D eigenvalue weighted by atomic mass is 9.83. The van der Waals surface area contributed by atoms with Crippen molar-refractivity contribution in [1.29, 1.82) is 0 Å². The van der Waals surface area contributed by atoms with Crippen LogP contribution in [0, 0.1) is 17.8 Å². The van der Waals surface area contributed by atoms with Gasteiger partial charge in [-0.25, -0.2) is 4.79 Å². The van der Waals surface area contributed by atoms with Gasteiger partial charge in [0.2, 0.25) is 29.4 Å². The van der Waals surface area contributed by atoms with Gasteiger partial charge in [-0.3, -0.25) is 28.8 Å². The van der Waals surface area contributed by atoms with E-state index in [1.807, 2.05) is 0 Å². The quantitative estimate of drug-likeness (QED) is 0.210. The number of carbonyl (C=O) groups excluding carboxylic acids is 7. The molecular weight excluding hydrogens is 680 g/mol. The first-order chi connectivity index (χ1) is 25.1. The molecule has 0 spiro atoms. The lowest BCUT2D eigenvalue weighted by Gasteiger charge is -2.40. The number of ketones is 1. The summed E-state index contributed by atoms with van der Waals surface area (Å²) in [5, 5.41) is 10.7. The molecule has 6 atom stereocenters. The number of ether oxygens (including phenoxy) is 1. The fraction of sp³-hybridized carbons (Fsp3) is 0.667. The van der Waals surface area contributed by atoms with E-state index in [-0.39, 0.29) is 42.0 Å². The Kier molecular flexibility index (Phi) is 12.8. The van der Waals surface area contributed by atoms with Gasteiger partial charge in [-0.2, -0.15) is 0 Å². The Labute approximate surface area is 311 Å². The van der Waals surface area contributed by atoms with Crippen LogP contribution in [0.3, 0.4) is 0 Å². The van der Waals surface area contributed by atoms with Crippen molar-refractivity contribution in [1.82, 2.24) is 31.1 Å². The Morgan fingerprint density at radius 3 is 2.17 bits per heavy atom. The van der Waals surface area contributed by atoms with Gasteiger partial charge in [0.05, 0.1) is 12.6 Å². The zero-order valence-corrected chi connectivity index (χ0v) is 31.7. The smallest absolute Gasteiger partial charge is 0.408 e. The highest BCUT2D eigenvalue weighted by Gasteiger charge is 2.54. The highest BCUT2D eigenvalue weighted by Crippen LogP contribution is 2.44. The monoisotopic (exact) mass is 736 g/mol. The number of piperidine rings is 1. The summed E-state index contributed by atoms with van der Waals surface area (Å²) in [6, 6.07) is 4.69. The van der Waals surface area contributed by atoms with Crippen LogP contribution in [-0.2, 0) is 33.5 Å². The highest BCUT2D eigenvalue weighted by atomic mass is 16.6. The van der Waals surface area contributed by atoms with Crippen molar-refractivity contribution in [2.75, 3.05) is 20.6 Å². The van der Waals surface area contributed by atoms with E-state index in [2.05, 4.69) is 21.3 Å². The summed E-state index contributed by atoms with van der Waals surface area (Å²) >= 11 is 0. The number of Topliss-reactive ketones (excluding diaryl/α,β-unsaturated/α-hetero) is 1. The minimum absolute atomic E-state index is 0.0966. The first-order valence-corrected chi connectivity index (χ1v) is 19.1. The molecule has 0 aromatic heterocycles. The van der Waals surface area contributed by atoms with Crippen molar-refractivity contribution < 1.29 is 38.3 Å². The predicted molar refractivity (Wildman–Crippen MR) is 195 cm³/mol. The molecule has 2 bridgehead atoms. The summed E-state index contributed by atoms with van der Waals surface area (Å²) < 4.78 is 5.53. The molecule has 1 aliphatic heterocycles. The number of nitrogens with zero attached hydrogens (tertiary/aromatic N) is 2. The predicted octanol–water partition coefficient (Wildman–Crippen LogP) is 2.76. The van der Waals surface area contributed by atoms with Crippen LogP contribution < -0.4 is 21.3 Å². The van der Waals surface area contributed by atoms with Gasteiger partial charge < -0.3 is 35.8 Å². The van der Waals surface area contributed by atoms with E-state index >= 15 is 0 Å². The van der Waals surface area contributed by atoms with Crippen LogP contribution in [0.1, 0.15) is 103 Å². The van der Waals surface area contributed by atoms with E-state index < -0.39 is 65.9 Å². The van der Waals surface area contributed by atoms with Crippen LogP contribution in [0.2, 0.25) is 0 Å². The topological polar surface area (TPSA) is 183 Å². The van der Waals surface area contributed by atoms with Gasteiger partial charge >= 0.3 is 6.09 Å². The van der Waals surface area contributed by atoms with Gasteiger partial charge in [-0.05, 0) is 82.6 Å². The SMILES string of the molecule is CN(C)C(=O)[C@@H](NC(=O)CNC(=O)C(=O)C(CC1CC1)NC(=O)[C@@H]1C2CCC(C2)N1C(=O)[C@@H](NC(=O)OC(C)(C)C)C1CCCCC1)c1ccccc1. The number of likely N-dealkylation sites (tertiary alicyclic amines) is 1. The first-order valence-electron chi connectivity index (χ1n) is 19.1. The number of rotatable bonds is 14. The van der Waals surface area contributed by atoms with Crippen molar-refractivity contribution in [2.24, 2.45) is 17.8 Å². The number of fused-ring (bicyclic) bond motifs is 2. The van der Waals surface area contributed by atoms with Gasteiger partial charge in [0.15, 0.2) is 0 Å². The molecule has 1 saturated heterocycles. The number of hydrogen-bond donors (Lipinski definition) is 4. The van der Waals surface area contributed by atoms with E-state index in [0.29, 0.717) is 12.0 Å². The molecule has 3 unspecified atom stereocenters. The Bertz CT molecular complexity index is 1530. The number of hydrogen-bond acceptors (Lipinski definition) is 8. The molecule has 1 aromatic carbocycles. The second kappa shape index (κ2) is 17.1. The first kappa shape index (κ1) is 39.7. The van der Waals surface area contributed by atoms with E-state index in [4.69, 9.17) is 4.74 Å². The summed E-state index contributed by atoms with van der Waals surface area (Å²) in [5.74, 6) is -3.80. The van der Waals surface area contributed by atoms with Crippen molar-refractivity contribution >= 4 is 41.4 Å². The molecule has 5 rings (SSSR count). The van der Waals surface area contributed by atoms with Crippen molar-refractivity contribution in [3.05, 3.63) is 35.9 Å². The largest absolute Gasteiger partial charge is 0.444 e. The molecule has 4 fully saturated rings. The van der Waals surface area contributed by atoms with Crippen LogP contribution in [-0.4, -0.2) is 102 Å². The third-order valence-corrected chi connectivity index (χ3v) is 10.8. The molecule has 4 N–H and O–H groups in total. The summed E-state index contributed by atoms with van der Waals surface area (Å²) in [6.45, 7) is 4.72. The van der Waals surface area contributed by atoms with Crippen molar-refractivity contribution in [3.8, 4) is 0 Å². The van der Waals surface area contributed by atoms with Gasteiger partial charge in [0.1, 0.15) is 23.7 Å². The third kappa shape index (κ3) is 10.3. The van der Waals surface area contributed by atoms with E-state index in [1.165, 1.54) is 4.90 Å². The molecular formula is C39H56N6O8.